The zero-order valence-corrected chi connectivity index (χ0v) is 37.7. The average Bonchev–Trinajstić information content (AvgIpc) is 3.11. The van der Waals surface area contributed by atoms with E-state index in [1.807, 2.05) is 6.26 Å². The van der Waals surface area contributed by atoms with Gasteiger partial charge in [-0.3, -0.25) is 18.9 Å². The van der Waals surface area contributed by atoms with Gasteiger partial charge in [-0.15, -0.1) is 0 Å². The molecule has 1 saturated heterocycles. The molecule has 56 heavy (non-hydrogen) atoms. The van der Waals surface area contributed by atoms with Crippen LogP contribution >= 0.6 is 62.5 Å². The first-order valence-corrected chi connectivity index (χ1v) is 24.9. The maximum absolute atomic E-state index is 12.4. The van der Waals surface area contributed by atoms with Crippen LogP contribution in [0.3, 0.4) is 0 Å². The first kappa shape index (κ1) is 51.1. The number of nitrogens with one attached hydrogen (secondary N) is 2. The van der Waals surface area contributed by atoms with Crippen molar-refractivity contribution < 1.29 is 57.2 Å². The van der Waals surface area contributed by atoms with Crippen molar-refractivity contribution in [2.45, 2.75) is 80.7 Å². The van der Waals surface area contributed by atoms with E-state index in [1.54, 1.807) is 42.3 Å². The van der Waals surface area contributed by atoms with Crippen molar-refractivity contribution in [2.75, 3.05) is 64.7 Å². The number of benzene rings is 1. The Morgan fingerprint density at radius 2 is 1.86 bits per heavy atom. The van der Waals surface area contributed by atoms with E-state index in [4.69, 9.17) is 34.2 Å². The van der Waals surface area contributed by atoms with Crippen molar-refractivity contribution in [1.29, 1.82) is 0 Å². The maximum atomic E-state index is 12.4. The smallest absolute Gasteiger partial charge is 0.356 e. The fourth-order valence-electron chi connectivity index (χ4n) is 4.11. The molecule has 1 radical (unpaired) electrons. The number of carbonyl (C=O) groups excluding carboxylic acids is 3. The second kappa shape index (κ2) is 26.2. The molecule has 2 rings (SSSR count). The molecular weight excluding hydrogens is 845 g/mol. The molecule has 1 aromatic carbocycles. The molecule has 0 aliphatic carbocycles. The van der Waals surface area contributed by atoms with Crippen LogP contribution in [-0.2, 0) is 37.8 Å². The number of amides is 2. The van der Waals surface area contributed by atoms with Crippen molar-refractivity contribution in [3.63, 3.8) is 0 Å². The Labute approximate surface area is 351 Å². The minimum absolute atomic E-state index is 0.0277. The standard InChI is InChI=1S/C34H54BN3O12PS5/c1-23(39)53-22-29(54-52-7)50-30-26(19-48-34(5,6)51(42,43)44)49-31(30)35-12-9-14-37-27(40)20-45-16-17-46-28(55-56-33(2,3)4)21-47-25-11-8-10-24(18-25)32(41)38-15-13-36/h8,10-11,18,26,28-31H,13-17,19-22,36H2,1-7H3,(H,37,40)(H,38,41)(H2,42,43,44)/t26?,28?,29-,30?,31?/m0/s1. The minimum atomic E-state index is -4.55. The van der Waals surface area contributed by atoms with Crippen molar-refractivity contribution in [1.82, 2.24) is 10.6 Å². The fraction of sp³-hybridized carbons (Fsp3) is 0.676. The lowest BCUT2D eigenvalue weighted by molar-refractivity contribution is -0.233. The van der Waals surface area contributed by atoms with Crippen LogP contribution in [0.25, 0.3) is 0 Å². The van der Waals surface area contributed by atoms with Crippen LogP contribution in [0.4, 0.5) is 0 Å². The van der Waals surface area contributed by atoms with Crippen LogP contribution in [0.1, 0.15) is 51.9 Å². The molecule has 15 nitrogen and oxygen atoms in total. The van der Waals surface area contributed by atoms with Gasteiger partial charge in [0.25, 0.3) is 13.2 Å². The molecule has 0 aromatic heterocycles. The predicted octanol–water partition coefficient (Wildman–Crippen LogP) is 3.73. The summed E-state index contributed by atoms with van der Waals surface area (Å²) in [7, 11) is 3.14. The quantitative estimate of drug-likeness (QED) is 0.0224. The number of thioether (sulfide) groups is 1. The van der Waals surface area contributed by atoms with Gasteiger partial charge in [-0.1, -0.05) is 87.7 Å². The molecule has 1 aliphatic heterocycles. The number of hydrogen-bond acceptors (Lipinski definition) is 16. The molecule has 1 aliphatic rings. The van der Waals surface area contributed by atoms with E-state index in [-0.39, 0.29) is 72.1 Å². The van der Waals surface area contributed by atoms with E-state index in [9.17, 15) is 28.7 Å². The Bertz CT molecular complexity index is 1500. The molecule has 5 atom stereocenters. The van der Waals surface area contributed by atoms with Crippen molar-refractivity contribution in [3.05, 3.63) is 29.8 Å². The van der Waals surface area contributed by atoms with Crippen molar-refractivity contribution in [2.24, 2.45) is 5.73 Å². The predicted molar refractivity (Wildman–Crippen MR) is 229 cm³/mol. The van der Waals surface area contributed by atoms with Gasteiger partial charge in [-0.2, -0.15) is 5.82 Å². The average molecular weight is 899 g/mol. The maximum Gasteiger partial charge on any atom is 0.356 e. The van der Waals surface area contributed by atoms with E-state index < -0.39 is 31.1 Å². The molecule has 0 spiro atoms. The van der Waals surface area contributed by atoms with E-state index in [2.05, 4.69) is 43.1 Å². The second-order valence-corrected chi connectivity index (χ2v) is 22.5. The number of nitrogens with two attached hydrogens (primary N) is 1. The van der Waals surface area contributed by atoms with Gasteiger partial charge in [0.05, 0.1) is 32.4 Å². The summed E-state index contributed by atoms with van der Waals surface area (Å²) >= 11 is 1.13. The molecule has 315 valence electrons. The molecule has 1 fully saturated rings. The van der Waals surface area contributed by atoms with Crippen LogP contribution in [-0.4, -0.2) is 138 Å². The van der Waals surface area contributed by atoms with E-state index in [1.165, 1.54) is 53.2 Å². The van der Waals surface area contributed by atoms with Gasteiger partial charge >= 0.3 is 7.60 Å². The first-order valence-electron chi connectivity index (χ1n) is 17.5. The topological polar surface area (TPSA) is 214 Å². The molecule has 2 amide bonds. The summed E-state index contributed by atoms with van der Waals surface area (Å²) in [6, 6.07) is 6.29. The Balaban J connectivity index is 1.81. The Morgan fingerprint density at radius 3 is 2.52 bits per heavy atom. The summed E-state index contributed by atoms with van der Waals surface area (Å²) in [6.07, 6.45) is 0.705. The SMILES string of the molecule is CSS[C@@H](CSC(C)=O)OC1C([B]C#CCNC(=O)COCCOC(COc2cccc(C(=O)NCCN)c2)SSC(C)(C)C)OC1COC(C)(C)P(=O)(O)O. The zero-order valence-electron chi connectivity index (χ0n) is 32.7. The van der Waals surface area contributed by atoms with E-state index in [0.717, 1.165) is 11.8 Å². The Hall–Kier alpha value is -1.09. The molecule has 6 N–H and O–H groups in total. The normalized spacial score (nSPS) is 18.1. The second-order valence-electron chi connectivity index (χ2n) is 13.3. The van der Waals surface area contributed by atoms with Crippen LogP contribution in [0.5, 0.6) is 5.75 Å². The lowest BCUT2D eigenvalue weighted by Crippen LogP contribution is -2.61. The summed E-state index contributed by atoms with van der Waals surface area (Å²) in [5.41, 5.74) is 5.22. The summed E-state index contributed by atoms with van der Waals surface area (Å²) < 4.78 is 46.9. The molecule has 1 aromatic rings. The highest BCUT2D eigenvalue weighted by molar-refractivity contribution is 8.77. The fourth-order valence-corrected chi connectivity index (χ4v) is 9.09. The monoisotopic (exact) mass is 898 g/mol. The highest BCUT2D eigenvalue weighted by Gasteiger charge is 2.47. The Morgan fingerprint density at radius 1 is 1.11 bits per heavy atom. The highest BCUT2D eigenvalue weighted by atomic mass is 33.1. The number of hydrogen-bond donors (Lipinski definition) is 5. The van der Waals surface area contributed by atoms with Crippen LogP contribution in [0, 0.1) is 11.7 Å². The van der Waals surface area contributed by atoms with Crippen LogP contribution in [0.2, 0.25) is 0 Å². The molecule has 0 saturated carbocycles. The largest absolute Gasteiger partial charge is 0.490 e. The van der Waals surface area contributed by atoms with E-state index >= 15 is 0 Å². The lowest BCUT2D eigenvalue weighted by Gasteiger charge is -2.45. The van der Waals surface area contributed by atoms with Gasteiger partial charge in [0.15, 0.2) is 10.5 Å². The summed E-state index contributed by atoms with van der Waals surface area (Å²) in [5.74, 6) is 6.04. The lowest BCUT2D eigenvalue weighted by atomic mass is 9.66. The summed E-state index contributed by atoms with van der Waals surface area (Å²) in [5, 5.41) is 3.64. The van der Waals surface area contributed by atoms with E-state index in [0.29, 0.717) is 30.2 Å². The zero-order chi connectivity index (χ0) is 41.8. The molecule has 0 bridgehead atoms. The van der Waals surface area contributed by atoms with Gasteiger partial charge in [0.2, 0.25) is 5.91 Å². The number of rotatable bonds is 26. The van der Waals surface area contributed by atoms with Gasteiger partial charge in [0.1, 0.15) is 42.0 Å². The third-order valence-electron chi connectivity index (χ3n) is 7.07. The van der Waals surface area contributed by atoms with Crippen LogP contribution in [0.15, 0.2) is 24.3 Å². The molecular formula is C34H54BN3O12PS5. The Kier molecular flexibility index (Phi) is 23.9. The summed E-state index contributed by atoms with van der Waals surface area (Å²) in [6.45, 7) is 11.4. The van der Waals surface area contributed by atoms with Gasteiger partial charge in [0, 0.05) is 36.1 Å². The van der Waals surface area contributed by atoms with Gasteiger partial charge < -0.3 is 54.6 Å². The van der Waals surface area contributed by atoms with Crippen LogP contribution < -0.4 is 21.1 Å². The molecule has 4 unspecified atom stereocenters. The highest BCUT2D eigenvalue weighted by Crippen LogP contribution is 2.51. The van der Waals surface area contributed by atoms with Gasteiger partial charge in [-0.05, 0) is 38.3 Å². The third-order valence-corrected chi connectivity index (χ3v) is 15.1. The van der Waals surface area contributed by atoms with Crippen molar-refractivity contribution >= 4 is 86.7 Å². The summed E-state index contributed by atoms with van der Waals surface area (Å²) in [4.78, 5) is 55.5. The third kappa shape index (κ3) is 20.7. The molecule has 1 heterocycles. The number of ether oxygens (including phenoxy) is 6. The first-order chi connectivity index (χ1) is 26.3. The number of carbonyl (C=O) groups is 3. The molecule has 22 heteroatoms. The van der Waals surface area contributed by atoms with Gasteiger partial charge in [-0.25, -0.2) is 0 Å². The van der Waals surface area contributed by atoms with Crippen molar-refractivity contribution in [3.8, 4) is 17.5 Å². The minimum Gasteiger partial charge on any atom is -0.490 e.